The van der Waals surface area contributed by atoms with Crippen molar-refractivity contribution in [3.05, 3.63) is 51.8 Å². The fourth-order valence-electron chi connectivity index (χ4n) is 1.70. The molecule has 0 aliphatic carbocycles. The van der Waals surface area contributed by atoms with Crippen molar-refractivity contribution in [1.82, 2.24) is 15.0 Å². The zero-order valence-electron chi connectivity index (χ0n) is 9.64. The van der Waals surface area contributed by atoms with E-state index in [1.807, 2.05) is 24.3 Å². The zero-order chi connectivity index (χ0) is 13.2. The van der Waals surface area contributed by atoms with Gasteiger partial charge in [0.1, 0.15) is 11.3 Å². The SMILES string of the molecule is Brc1cccnc1Nc1ccc2nccnc2c1Br. The first-order valence-corrected chi connectivity index (χ1v) is 7.11. The molecule has 0 aliphatic rings. The Labute approximate surface area is 126 Å². The topological polar surface area (TPSA) is 50.7 Å². The van der Waals surface area contributed by atoms with E-state index in [-0.39, 0.29) is 0 Å². The van der Waals surface area contributed by atoms with Crippen LogP contribution in [0, 0.1) is 0 Å². The van der Waals surface area contributed by atoms with Gasteiger partial charge >= 0.3 is 0 Å². The number of nitrogens with zero attached hydrogens (tertiary/aromatic N) is 3. The number of aromatic nitrogens is 3. The fourth-order valence-corrected chi connectivity index (χ4v) is 2.60. The van der Waals surface area contributed by atoms with E-state index in [2.05, 4.69) is 52.1 Å². The van der Waals surface area contributed by atoms with Crippen molar-refractivity contribution in [3.8, 4) is 0 Å². The summed E-state index contributed by atoms with van der Waals surface area (Å²) in [4.78, 5) is 12.9. The minimum absolute atomic E-state index is 0.756. The van der Waals surface area contributed by atoms with E-state index in [0.29, 0.717) is 0 Å². The summed E-state index contributed by atoms with van der Waals surface area (Å²) in [6.07, 6.45) is 5.09. The molecular weight excluding hydrogens is 372 g/mol. The Bertz CT molecular complexity index is 746. The van der Waals surface area contributed by atoms with Gasteiger partial charge in [-0.25, -0.2) is 4.98 Å². The van der Waals surface area contributed by atoms with Crippen molar-refractivity contribution in [2.75, 3.05) is 5.32 Å². The first kappa shape index (κ1) is 12.5. The van der Waals surface area contributed by atoms with Gasteiger partial charge in [0.05, 0.1) is 20.1 Å². The van der Waals surface area contributed by atoms with Crippen molar-refractivity contribution in [1.29, 1.82) is 0 Å². The molecule has 2 heterocycles. The molecule has 0 amide bonds. The molecule has 4 nitrogen and oxygen atoms in total. The molecule has 0 unspecified atom stereocenters. The van der Waals surface area contributed by atoms with Crippen LogP contribution in [0.15, 0.2) is 51.8 Å². The van der Waals surface area contributed by atoms with Crippen LogP contribution in [0.4, 0.5) is 11.5 Å². The number of fused-ring (bicyclic) bond motifs is 1. The maximum atomic E-state index is 4.32. The minimum atomic E-state index is 0.756. The summed E-state index contributed by atoms with van der Waals surface area (Å²) in [5.74, 6) is 0.756. The van der Waals surface area contributed by atoms with Gasteiger partial charge < -0.3 is 5.32 Å². The lowest BCUT2D eigenvalue weighted by Gasteiger charge is -2.10. The molecule has 0 aliphatic heterocycles. The van der Waals surface area contributed by atoms with Crippen LogP contribution >= 0.6 is 31.9 Å². The van der Waals surface area contributed by atoms with Gasteiger partial charge in [-0.15, -0.1) is 0 Å². The lowest BCUT2D eigenvalue weighted by atomic mass is 10.2. The van der Waals surface area contributed by atoms with Crippen molar-refractivity contribution in [2.45, 2.75) is 0 Å². The summed E-state index contributed by atoms with van der Waals surface area (Å²) in [7, 11) is 0. The van der Waals surface area contributed by atoms with Crippen molar-refractivity contribution < 1.29 is 0 Å². The maximum absolute atomic E-state index is 4.32. The lowest BCUT2D eigenvalue weighted by molar-refractivity contribution is 1.27. The van der Waals surface area contributed by atoms with E-state index < -0.39 is 0 Å². The second kappa shape index (κ2) is 5.22. The highest BCUT2D eigenvalue weighted by molar-refractivity contribution is 9.11. The molecule has 6 heteroatoms. The van der Waals surface area contributed by atoms with Gasteiger partial charge in [-0.2, -0.15) is 0 Å². The first-order valence-electron chi connectivity index (χ1n) is 5.52. The number of nitrogens with one attached hydrogen (secondary N) is 1. The van der Waals surface area contributed by atoms with Gasteiger partial charge in [0.25, 0.3) is 0 Å². The summed E-state index contributed by atoms with van der Waals surface area (Å²) in [5.41, 5.74) is 2.56. The van der Waals surface area contributed by atoms with E-state index in [1.54, 1.807) is 18.6 Å². The molecule has 19 heavy (non-hydrogen) atoms. The van der Waals surface area contributed by atoms with Crippen molar-refractivity contribution >= 4 is 54.4 Å². The number of benzene rings is 1. The van der Waals surface area contributed by atoms with Gasteiger partial charge in [0.2, 0.25) is 0 Å². The molecular formula is C13H8Br2N4. The Balaban J connectivity index is 2.07. The average Bonchev–Trinajstić information content (AvgIpc) is 2.44. The van der Waals surface area contributed by atoms with Crippen LogP contribution < -0.4 is 5.32 Å². The van der Waals surface area contributed by atoms with E-state index in [1.165, 1.54) is 0 Å². The summed E-state index contributed by atoms with van der Waals surface area (Å²) in [5, 5.41) is 3.26. The normalized spacial score (nSPS) is 10.6. The number of anilines is 2. The minimum Gasteiger partial charge on any atom is -0.338 e. The maximum Gasteiger partial charge on any atom is 0.144 e. The summed E-state index contributed by atoms with van der Waals surface area (Å²) < 4.78 is 1.77. The highest BCUT2D eigenvalue weighted by Crippen LogP contribution is 2.32. The van der Waals surface area contributed by atoms with Gasteiger partial charge in [-0.3, -0.25) is 9.97 Å². The van der Waals surface area contributed by atoms with Crippen LogP contribution in [-0.2, 0) is 0 Å². The van der Waals surface area contributed by atoms with Crippen molar-refractivity contribution in [2.24, 2.45) is 0 Å². The van der Waals surface area contributed by atoms with Gasteiger partial charge in [0, 0.05) is 18.6 Å². The van der Waals surface area contributed by atoms with Crippen molar-refractivity contribution in [3.63, 3.8) is 0 Å². The second-order valence-electron chi connectivity index (χ2n) is 3.81. The quantitative estimate of drug-likeness (QED) is 0.721. The van der Waals surface area contributed by atoms with Crippen LogP contribution in [0.3, 0.4) is 0 Å². The standard InChI is InChI=1S/C13H8Br2N4/c14-8-2-1-5-18-13(8)19-9-3-4-10-12(11(9)15)17-7-6-16-10/h1-7H,(H,18,19). The molecule has 0 saturated carbocycles. The molecule has 3 rings (SSSR count). The molecule has 3 aromatic rings. The van der Waals surface area contributed by atoms with Crippen LogP contribution in [0.25, 0.3) is 11.0 Å². The Kier molecular flexibility index (Phi) is 3.44. The molecule has 1 aromatic carbocycles. The average molecular weight is 380 g/mol. The molecule has 0 fully saturated rings. The zero-order valence-corrected chi connectivity index (χ0v) is 12.8. The molecule has 0 spiro atoms. The van der Waals surface area contributed by atoms with Gasteiger partial charge in [-0.1, -0.05) is 0 Å². The number of rotatable bonds is 2. The molecule has 0 atom stereocenters. The number of hydrogen-bond donors (Lipinski definition) is 1. The third-order valence-electron chi connectivity index (χ3n) is 2.59. The number of pyridine rings is 1. The Hall–Kier alpha value is -1.53. The molecule has 1 N–H and O–H groups in total. The molecule has 94 valence electrons. The fraction of sp³-hybridized carbons (Fsp3) is 0. The monoisotopic (exact) mass is 378 g/mol. The third kappa shape index (κ3) is 2.46. The highest BCUT2D eigenvalue weighted by atomic mass is 79.9. The number of hydrogen-bond acceptors (Lipinski definition) is 4. The lowest BCUT2D eigenvalue weighted by Crippen LogP contribution is -1.96. The third-order valence-corrected chi connectivity index (χ3v) is 4.03. The molecule has 0 bridgehead atoms. The number of halogens is 2. The van der Waals surface area contributed by atoms with Gasteiger partial charge in [0.15, 0.2) is 0 Å². The predicted molar refractivity (Wildman–Crippen MR) is 82.5 cm³/mol. The largest absolute Gasteiger partial charge is 0.338 e. The van der Waals surface area contributed by atoms with E-state index in [4.69, 9.17) is 0 Å². The summed E-state index contributed by atoms with van der Waals surface area (Å²) >= 11 is 7.02. The predicted octanol–water partition coefficient (Wildman–Crippen LogP) is 4.29. The van der Waals surface area contributed by atoms with E-state index in [9.17, 15) is 0 Å². The molecule has 0 saturated heterocycles. The summed E-state index contributed by atoms with van der Waals surface area (Å²) in [6, 6.07) is 7.68. The van der Waals surface area contributed by atoms with Crippen LogP contribution in [0.2, 0.25) is 0 Å². The smallest absolute Gasteiger partial charge is 0.144 e. The summed E-state index contributed by atoms with van der Waals surface area (Å²) in [6.45, 7) is 0. The van der Waals surface area contributed by atoms with Crippen LogP contribution in [0.5, 0.6) is 0 Å². The van der Waals surface area contributed by atoms with Gasteiger partial charge in [-0.05, 0) is 56.1 Å². The van der Waals surface area contributed by atoms with E-state index >= 15 is 0 Å². The molecule has 0 radical (unpaired) electrons. The highest BCUT2D eigenvalue weighted by Gasteiger charge is 2.08. The second-order valence-corrected chi connectivity index (χ2v) is 5.46. The Morgan fingerprint density at radius 2 is 1.74 bits per heavy atom. The van der Waals surface area contributed by atoms with Crippen LogP contribution in [0.1, 0.15) is 0 Å². The Morgan fingerprint density at radius 1 is 0.895 bits per heavy atom. The Morgan fingerprint density at radius 3 is 2.58 bits per heavy atom. The first-order chi connectivity index (χ1) is 9.25. The molecule has 2 aromatic heterocycles. The van der Waals surface area contributed by atoms with E-state index in [0.717, 1.165) is 31.5 Å². The van der Waals surface area contributed by atoms with Crippen LogP contribution in [-0.4, -0.2) is 15.0 Å².